The van der Waals surface area contributed by atoms with Gasteiger partial charge in [0.05, 0.1) is 16.6 Å². The monoisotopic (exact) mass is 575 g/mol. The van der Waals surface area contributed by atoms with Crippen molar-refractivity contribution >= 4 is 23.0 Å². The quantitative estimate of drug-likeness (QED) is 0.345. The number of carbonyl (C=O) groups excluding carboxylic acids is 1. The fraction of sp³-hybridized carbons (Fsp3) is 0.500. The number of nitrogens with zero attached hydrogens (tertiary/aromatic N) is 3. The Hall–Kier alpha value is -3.68. The van der Waals surface area contributed by atoms with Crippen LogP contribution in [0.15, 0.2) is 53.1 Å². The van der Waals surface area contributed by atoms with Crippen molar-refractivity contribution in [3.8, 4) is 11.3 Å². The summed E-state index contributed by atoms with van der Waals surface area (Å²) in [6, 6.07) is 9.93. The molecule has 1 amide bonds. The topological polar surface area (TPSA) is 86.9 Å². The van der Waals surface area contributed by atoms with E-state index in [4.69, 9.17) is 9.40 Å². The van der Waals surface area contributed by atoms with E-state index in [9.17, 15) is 19.1 Å². The van der Waals surface area contributed by atoms with Crippen LogP contribution in [0.1, 0.15) is 83.3 Å². The zero-order chi connectivity index (χ0) is 30.6. The molecule has 0 bridgehead atoms. The standard InChI is InChI=1S/C34H42FN3O4/c1-21(22-12-14-34(7,15-13-22)31(40)41)37-16-17-38(33(5,6)20-37)30(39)28-19-27-29(42-28)25(32(2,3)4)18-26(36-27)23-8-10-24(35)11-9-23/h8-11,18-19,22H,1,12-17,20H2,2-7H3,(H,40,41). The van der Waals surface area contributed by atoms with Crippen LogP contribution in [0.5, 0.6) is 0 Å². The number of aromatic nitrogens is 1. The predicted molar refractivity (Wildman–Crippen MR) is 162 cm³/mol. The van der Waals surface area contributed by atoms with Crippen LogP contribution in [-0.2, 0) is 10.2 Å². The van der Waals surface area contributed by atoms with Gasteiger partial charge in [0, 0.05) is 42.5 Å². The van der Waals surface area contributed by atoms with Crippen molar-refractivity contribution in [3.63, 3.8) is 0 Å². The van der Waals surface area contributed by atoms with Gasteiger partial charge in [-0.2, -0.15) is 0 Å². The Morgan fingerprint density at radius 1 is 1.07 bits per heavy atom. The van der Waals surface area contributed by atoms with Crippen LogP contribution in [0.3, 0.4) is 0 Å². The lowest BCUT2D eigenvalue weighted by Gasteiger charge is -2.49. The van der Waals surface area contributed by atoms with Crippen LogP contribution < -0.4 is 0 Å². The molecule has 1 aliphatic carbocycles. The van der Waals surface area contributed by atoms with Crippen LogP contribution in [-0.4, -0.2) is 56.9 Å². The van der Waals surface area contributed by atoms with Crippen molar-refractivity contribution in [2.24, 2.45) is 11.3 Å². The van der Waals surface area contributed by atoms with E-state index in [0.29, 0.717) is 49.3 Å². The number of halogens is 1. The summed E-state index contributed by atoms with van der Waals surface area (Å²) in [6.45, 7) is 18.4. The number of amides is 1. The SMILES string of the molecule is C=C(C1CCC(C)(C(=O)O)CC1)N1CCN(C(=O)c2cc3nc(-c4ccc(F)cc4)cc(C(C)(C)C)c3o2)C(C)(C)C1. The first-order valence-electron chi connectivity index (χ1n) is 14.8. The van der Waals surface area contributed by atoms with Crippen LogP contribution in [0.2, 0.25) is 0 Å². The number of allylic oxidation sites excluding steroid dienone is 1. The molecule has 1 N–H and O–H groups in total. The number of fused-ring (bicyclic) bond motifs is 1. The molecule has 42 heavy (non-hydrogen) atoms. The molecule has 2 aromatic heterocycles. The maximum absolute atomic E-state index is 13.9. The first-order valence-corrected chi connectivity index (χ1v) is 14.8. The molecule has 2 fully saturated rings. The second-order valence-corrected chi connectivity index (χ2v) is 14.0. The van der Waals surface area contributed by atoms with Crippen molar-refractivity contribution in [3.05, 3.63) is 65.8 Å². The molecule has 0 radical (unpaired) electrons. The van der Waals surface area contributed by atoms with Gasteiger partial charge in [-0.05, 0) is 88.1 Å². The highest BCUT2D eigenvalue weighted by molar-refractivity contribution is 5.97. The number of benzene rings is 1. The minimum absolute atomic E-state index is 0.179. The lowest BCUT2D eigenvalue weighted by Crippen LogP contribution is -2.61. The molecular formula is C34H42FN3O4. The van der Waals surface area contributed by atoms with Gasteiger partial charge >= 0.3 is 5.97 Å². The number of carbonyl (C=O) groups is 2. The molecule has 1 saturated heterocycles. The Bertz CT molecular complexity index is 1520. The summed E-state index contributed by atoms with van der Waals surface area (Å²) in [7, 11) is 0. The molecule has 8 heteroatoms. The third-order valence-electron chi connectivity index (χ3n) is 9.27. The second kappa shape index (κ2) is 10.5. The Morgan fingerprint density at radius 3 is 2.29 bits per heavy atom. The van der Waals surface area contributed by atoms with Gasteiger partial charge < -0.3 is 19.3 Å². The average molecular weight is 576 g/mol. The Kier molecular flexibility index (Phi) is 7.48. The van der Waals surface area contributed by atoms with E-state index in [1.54, 1.807) is 18.2 Å². The molecule has 0 spiro atoms. The molecule has 1 aromatic carbocycles. The van der Waals surface area contributed by atoms with Crippen molar-refractivity contribution in [1.82, 2.24) is 14.8 Å². The maximum Gasteiger partial charge on any atom is 0.309 e. The van der Waals surface area contributed by atoms with Crippen LogP contribution in [0, 0.1) is 17.2 Å². The molecule has 0 atom stereocenters. The fourth-order valence-electron chi connectivity index (χ4n) is 6.42. The molecule has 224 valence electrons. The average Bonchev–Trinajstić information content (AvgIpc) is 3.36. The van der Waals surface area contributed by atoms with E-state index in [2.05, 4.69) is 46.1 Å². The van der Waals surface area contributed by atoms with E-state index in [-0.39, 0.29) is 28.8 Å². The molecule has 7 nitrogen and oxygen atoms in total. The van der Waals surface area contributed by atoms with Crippen molar-refractivity contribution in [2.45, 2.75) is 78.2 Å². The number of aliphatic carboxylic acids is 1. The Labute approximate surface area is 247 Å². The maximum atomic E-state index is 13.9. The van der Waals surface area contributed by atoms with Gasteiger partial charge in [-0.25, -0.2) is 9.37 Å². The van der Waals surface area contributed by atoms with E-state index < -0.39 is 16.9 Å². The minimum atomic E-state index is -0.720. The minimum Gasteiger partial charge on any atom is -0.481 e. The number of carboxylic acid groups (broad SMARTS) is 1. The van der Waals surface area contributed by atoms with Gasteiger partial charge in [-0.3, -0.25) is 9.59 Å². The highest BCUT2D eigenvalue weighted by atomic mass is 19.1. The normalized spacial score (nSPS) is 22.8. The Morgan fingerprint density at radius 2 is 1.71 bits per heavy atom. The lowest BCUT2D eigenvalue weighted by molar-refractivity contribution is -0.150. The summed E-state index contributed by atoms with van der Waals surface area (Å²) in [4.78, 5) is 34.5. The number of hydrogen-bond donors (Lipinski definition) is 1. The molecule has 3 heterocycles. The van der Waals surface area contributed by atoms with Gasteiger partial charge in [0.25, 0.3) is 5.91 Å². The molecule has 1 aliphatic heterocycles. The predicted octanol–water partition coefficient (Wildman–Crippen LogP) is 7.26. The molecular weight excluding hydrogens is 533 g/mol. The summed E-state index contributed by atoms with van der Waals surface area (Å²) < 4.78 is 19.8. The number of piperazine rings is 1. The molecule has 2 aliphatic rings. The second-order valence-electron chi connectivity index (χ2n) is 14.0. The zero-order valence-electron chi connectivity index (χ0n) is 25.6. The third-order valence-corrected chi connectivity index (χ3v) is 9.27. The van der Waals surface area contributed by atoms with E-state index in [1.807, 2.05) is 17.9 Å². The number of rotatable bonds is 5. The van der Waals surface area contributed by atoms with Gasteiger partial charge in [0.2, 0.25) is 0 Å². The van der Waals surface area contributed by atoms with Crippen LogP contribution >= 0.6 is 0 Å². The number of furan rings is 1. The smallest absolute Gasteiger partial charge is 0.309 e. The van der Waals surface area contributed by atoms with Gasteiger partial charge in [0.1, 0.15) is 11.3 Å². The lowest BCUT2D eigenvalue weighted by atomic mass is 9.71. The van der Waals surface area contributed by atoms with E-state index in [1.165, 1.54) is 12.1 Å². The number of pyridine rings is 1. The summed E-state index contributed by atoms with van der Waals surface area (Å²) in [6.07, 6.45) is 2.91. The van der Waals surface area contributed by atoms with Gasteiger partial charge in [0.15, 0.2) is 11.3 Å². The van der Waals surface area contributed by atoms with E-state index >= 15 is 0 Å². The largest absolute Gasteiger partial charge is 0.481 e. The number of carboxylic acids is 1. The number of hydrogen-bond acceptors (Lipinski definition) is 5. The molecule has 1 saturated carbocycles. The highest BCUT2D eigenvalue weighted by Crippen LogP contribution is 2.42. The molecule has 5 rings (SSSR count). The third kappa shape index (κ3) is 5.55. The first-order chi connectivity index (χ1) is 19.6. The highest BCUT2D eigenvalue weighted by Gasteiger charge is 2.42. The van der Waals surface area contributed by atoms with Crippen molar-refractivity contribution in [2.75, 3.05) is 19.6 Å². The van der Waals surface area contributed by atoms with E-state index in [0.717, 1.165) is 29.7 Å². The van der Waals surface area contributed by atoms with Crippen molar-refractivity contribution < 1.29 is 23.5 Å². The fourth-order valence-corrected chi connectivity index (χ4v) is 6.42. The summed E-state index contributed by atoms with van der Waals surface area (Å²) in [5, 5.41) is 9.60. The molecule has 0 unspecified atom stereocenters. The van der Waals surface area contributed by atoms with Gasteiger partial charge in [-0.15, -0.1) is 0 Å². The summed E-state index contributed by atoms with van der Waals surface area (Å²) in [5.41, 5.74) is 3.23. The Balaban J connectivity index is 1.36. The van der Waals surface area contributed by atoms with Crippen molar-refractivity contribution in [1.29, 1.82) is 0 Å². The summed E-state index contributed by atoms with van der Waals surface area (Å²) >= 11 is 0. The van der Waals surface area contributed by atoms with Gasteiger partial charge in [-0.1, -0.05) is 27.4 Å². The van der Waals surface area contributed by atoms with Crippen LogP contribution in [0.4, 0.5) is 4.39 Å². The molecule has 3 aromatic rings. The first kappa shape index (κ1) is 29.8. The van der Waals surface area contributed by atoms with Crippen LogP contribution in [0.25, 0.3) is 22.4 Å². The summed E-state index contributed by atoms with van der Waals surface area (Å²) in [5.74, 6) is -0.704. The zero-order valence-corrected chi connectivity index (χ0v) is 25.6.